The van der Waals surface area contributed by atoms with Crippen molar-refractivity contribution in [2.75, 3.05) is 6.54 Å². The molecule has 0 radical (unpaired) electrons. The summed E-state index contributed by atoms with van der Waals surface area (Å²) >= 11 is 0. The van der Waals surface area contributed by atoms with E-state index < -0.39 is 11.9 Å². The lowest BCUT2D eigenvalue weighted by molar-refractivity contribution is -0.134. The number of hydrogen-bond donors (Lipinski definition) is 1. The summed E-state index contributed by atoms with van der Waals surface area (Å²) in [5, 5.41) is 2.71. The summed E-state index contributed by atoms with van der Waals surface area (Å²) in [5.74, 6) is -0.986. The number of rotatable bonds is 6. The maximum absolute atomic E-state index is 11.5. The molecule has 0 saturated carbocycles. The Balaban J connectivity index is 2.93. The number of amides is 1. The van der Waals surface area contributed by atoms with Gasteiger partial charge in [0.1, 0.15) is 0 Å². The van der Waals surface area contributed by atoms with Crippen molar-refractivity contribution in [2.45, 2.75) is 27.2 Å². The van der Waals surface area contributed by atoms with Crippen molar-refractivity contribution in [1.82, 2.24) is 5.32 Å². The summed E-state index contributed by atoms with van der Waals surface area (Å²) in [4.78, 5) is 33.6. The fraction of sp³-hybridized carbons (Fsp3) is 0.312. The van der Waals surface area contributed by atoms with E-state index in [1.165, 1.54) is 32.1 Å². The summed E-state index contributed by atoms with van der Waals surface area (Å²) in [6.07, 6.45) is 3.82. The fourth-order valence-electron chi connectivity index (χ4n) is 1.58. The molecule has 1 N–H and O–H groups in total. The molecule has 0 atom stereocenters. The minimum absolute atomic E-state index is 0.124. The van der Waals surface area contributed by atoms with Crippen LogP contribution in [-0.2, 0) is 14.4 Å². The molecule has 118 valence electrons. The second kappa shape index (κ2) is 8.61. The quantitative estimate of drug-likeness (QED) is 0.494. The SMILES string of the molecule is CCCNC(=O)/C=C/c1ccc(OC(C)=O)c(OC(C)=O)c1. The van der Waals surface area contributed by atoms with Gasteiger partial charge in [0, 0.05) is 26.5 Å². The molecule has 0 heterocycles. The Morgan fingerprint density at radius 1 is 1.09 bits per heavy atom. The highest BCUT2D eigenvalue weighted by molar-refractivity contribution is 5.91. The molecule has 0 aliphatic rings. The molecule has 6 heteroatoms. The topological polar surface area (TPSA) is 81.7 Å². The highest BCUT2D eigenvalue weighted by Gasteiger charge is 2.10. The number of nitrogens with one attached hydrogen (secondary N) is 1. The second-order valence-electron chi connectivity index (χ2n) is 4.52. The van der Waals surface area contributed by atoms with Crippen LogP contribution in [-0.4, -0.2) is 24.4 Å². The molecule has 1 rings (SSSR count). The van der Waals surface area contributed by atoms with Gasteiger partial charge in [-0.2, -0.15) is 0 Å². The molecule has 1 aromatic carbocycles. The zero-order chi connectivity index (χ0) is 16.5. The van der Waals surface area contributed by atoms with Crippen molar-refractivity contribution in [3.05, 3.63) is 29.8 Å². The summed E-state index contributed by atoms with van der Waals surface area (Å²) in [7, 11) is 0. The van der Waals surface area contributed by atoms with Crippen LogP contribution in [0, 0.1) is 0 Å². The number of hydrogen-bond acceptors (Lipinski definition) is 5. The Morgan fingerprint density at radius 2 is 1.73 bits per heavy atom. The average Bonchev–Trinajstić information content (AvgIpc) is 2.44. The van der Waals surface area contributed by atoms with Crippen LogP contribution < -0.4 is 14.8 Å². The highest BCUT2D eigenvalue weighted by Crippen LogP contribution is 2.29. The van der Waals surface area contributed by atoms with Crippen LogP contribution in [0.25, 0.3) is 6.08 Å². The zero-order valence-corrected chi connectivity index (χ0v) is 12.8. The van der Waals surface area contributed by atoms with E-state index >= 15 is 0 Å². The molecule has 6 nitrogen and oxygen atoms in total. The van der Waals surface area contributed by atoms with Crippen LogP contribution in [0.15, 0.2) is 24.3 Å². The minimum Gasteiger partial charge on any atom is -0.423 e. The lowest BCUT2D eigenvalue weighted by atomic mass is 10.2. The second-order valence-corrected chi connectivity index (χ2v) is 4.52. The fourth-order valence-corrected chi connectivity index (χ4v) is 1.58. The van der Waals surface area contributed by atoms with Crippen molar-refractivity contribution in [3.63, 3.8) is 0 Å². The summed E-state index contributed by atoms with van der Waals surface area (Å²) < 4.78 is 9.97. The Morgan fingerprint density at radius 3 is 2.32 bits per heavy atom. The first-order valence-corrected chi connectivity index (χ1v) is 6.89. The normalized spacial score (nSPS) is 10.3. The van der Waals surface area contributed by atoms with Gasteiger partial charge in [-0.3, -0.25) is 14.4 Å². The molecule has 0 aromatic heterocycles. The Labute approximate surface area is 129 Å². The van der Waals surface area contributed by atoms with Gasteiger partial charge in [0.2, 0.25) is 5.91 Å². The third-order valence-electron chi connectivity index (χ3n) is 2.45. The third-order valence-corrected chi connectivity index (χ3v) is 2.45. The first-order chi connectivity index (χ1) is 10.4. The lowest BCUT2D eigenvalue weighted by Crippen LogP contribution is -2.21. The predicted molar refractivity (Wildman–Crippen MR) is 81.4 cm³/mol. The molecular weight excluding hydrogens is 286 g/mol. The van der Waals surface area contributed by atoms with Crippen LogP contribution in [0.2, 0.25) is 0 Å². The van der Waals surface area contributed by atoms with Gasteiger partial charge in [0.05, 0.1) is 0 Å². The molecule has 0 unspecified atom stereocenters. The zero-order valence-electron chi connectivity index (χ0n) is 12.8. The van der Waals surface area contributed by atoms with Crippen LogP contribution >= 0.6 is 0 Å². The average molecular weight is 305 g/mol. The summed E-state index contributed by atoms with van der Waals surface area (Å²) in [6.45, 7) is 5.07. The Hall–Kier alpha value is -2.63. The van der Waals surface area contributed by atoms with Crippen LogP contribution in [0.5, 0.6) is 11.5 Å². The number of benzene rings is 1. The number of ether oxygens (including phenoxy) is 2. The Bertz CT molecular complexity index is 592. The smallest absolute Gasteiger partial charge is 0.308 e. The molecule has 1 amide bonds. The Kier molecular flexibility index (Phi) is 6.82. The van der Waals surface area contributed by atoms with Gasteiger partial charge in [0.25, 0.3) is 0 Å². The first kappa shape index (κ1) is 17.4. The van der Waals surface area contributed by atoms with Crippen LogP contribution in [0.3, 0.4) is 0 Å². The van der Waals surface area contributed by atoms with Crippen LogP contribution in [0.4, 0.5) is 0 Å². The van der Waals surface area contributed by atoms with Crippen molar-refractivity contribution in [2.24, 2.45) is 0 Å². The van der Waals surface area contributed by atoms with E-state index in [0.29, 0.717) is 12.1 Å². The van der Waals surface area contributed by atoms with Crippen molar-refractivity contribution in [3.8, 4) is 11.5 Å². The van der Waals surface area contributed by atoms with Gasteiger partial charge in [0.15, 0.2) is 11.5 Å². The molecular formula is C16H19NO5. The van der Waals surface area contributed by atoms with E-state index in [2.05, 4.69) is 5.32 Å². The predicted octanol–water partition coefficient (Wildman–Crippen LogP) is 2.08. The van der Waals surface area contributed by atoms with Crippen molar-refractivity contribution < 1.29 is 23.9 Å². The summed E-state index contributed by atoms with van der Waals surface area (Å²) in [6, 6.07) is 4.67. The lowest BCUT2D eigenvalue weighted by Gasteiger charge is -2.09. The van der Waals surface area contributed by atoms with Gasteiger partial charge in [-0.25, -0.2) is 0 Å². The van der Waals surface area contributed by atoms with Gasteiger partial charge in [-0.05, 0) is 30.2 Å². The highest BCUT2D eigenvalue weighted by atomic mass is 16.6. The van der Waals surface area contributed by atoms with E-state index in [9.17, 15) is 14.4 Å². The molecule has 1 aromatic rings. The number of carbonyl (C=O) groups excluding carboxylic acids is 3. The van der Waals surface area contributed by atoms with Gasteiger partial charge in [-0.1, -0.05) is 13.0 Å². The largest absolute Gasteiger partial charge is 0.423 e. The first-order valence-electron chi connectivity index (χ1n) is 6.89. The molecule has 0 spiro atoms. The van der Waals surface area contributed by atoms with Gasteiger partial charge >= 0.3 is 11.9 Å². The number of carbonyl (C=O) groups is 3. The van der Waals surface area contributed by atoms with Gasteiger partial charge in [-0.15, -0.1) is 0 Å². The maximum atomic E-state index is 11.5. The monoisotopic (exact) mass is 305 g/mol. The molecule has 0 aliphatic carbocycles. The molecule has 0 bridgehead atoms. The van der Waals surface area contributed by atoms with Crippen molar-refractivity contribution in [1.29, 1.82) is 0 Å². The van der Waals surface area contributed by atoms with E-state index in [1.54, 1.807) is 12.1 Å². The number of esters is 2. The van der Waals surface area contributed by atoms with E-state index in [4.69, 9.17) is 9.47 Å². The molecule has 22 heavy (non-hydrogen) atoms. The third kappa shape index (κ3) is 6.21. The molecule has 0 aliphatic heterocycles. The molecule has 0 saturated heterocycles. The van der Waals surface area contributed by atoms with Gasteiger partial charge < -0.3 is 14.8 Å². The molecule has 0 fully saturated rings. The standard InChI is InChI=1S/C16H19NO5/c1-4-9-17-16(20)8-6-13-5-7-14(21-11(2)18)15(10-13)22-12(3)19/h5-8,10H,4,9H2,1-3H3,(H,17,20)/b8-6+. The minimum atomic E-state index is -0.532. The van der Waals surface area contributed by atoms with Crippen molar-refractivity contribution >= 4 is 23.9 Å². The maximum Gasteiger partial charge on any atom is 0.308 e. The van der Waals surface area contributed by atoms with E-state index in [-0.39, 0.29) is 17.4 Å². The van der Waals surface area contributed by atoms with E-state index in [1.807, 2.05) is 6.92 Å². The van der Waals surface area contributed by atoms with E-state index in [0.717, 1.165) is 6.42 Å². The van der Waals surface area contributed by atoms with Crippen LogP contribution in [0.1, 0.15) is 32.8 Å². The summed E-state index contributed by atoms with van der Waals surface area (Å²) in [5.41, 5.74) is 0.638.